The first-order valence-electron chi connectivity index (χ1n) is 23.6. The van der Waals surface area contributed by atoms with Crippen LogP contribution in [0, 0.1) is 46.3 Å². The highest BCUT2D eigenvalue weighted by Crippen LogP contribution is 2.69. The van der Waals surface area contributed by atoms with Gasteiger partial charge in [0.05, 0.1) is 0 Å². The molecule has 0 aromatic heterocycles. The van der Waals surface area contributed by atoms with Crippen molar-refractivity contribution in [3.05, 3.63) is 0 Å². The first-order chi connectivity index (χ1) is 28.4. The monoisotopic (exact) mass is 834 g/mol. The normalized spacial score (nSPS) is 31.4. The Morgan fingerprint density at radius 3 is 1.85 bits per heavy atom. The molecule has 4 aliphatic rings. The van der Waals surface area contributed by atoms with E-state index in [0.29, 0.717) is 65.0 Å². The molecule has 0 saturated heterocycles. The number of alkyl carbamates (subject to hydrolysis) is 3. The molecular formula is C45H83N7O7. The van der Waals surface area contributed by atoms with Gasteiger partial charge in [-0.25, -0.2) is 14.4 Å². The van der Waals surface area contributed by atoms with E-state index in [2.05, 4.69) is 49.0 Å². The minimum atomic E-state index is -0.472. The van der Waals surface area contributed by atoms with E-state index in [1.54, 1.807) is 0 Å². The second-order valence-electron chi connectivity index (χ2n) is 18.8. The van der Waals surface area contributed by atoms with E-state index < -0.39 is 23.7 Å². The number of amides is 4. The lowest BCUT2D eigenvalue weighted by atomic mass is 9.43. The van der Waals surface area contributed by atoms with Gasteiger partial charge < -0.3 is 52.7 Å². The highest BCUT2D eigenvalue weighted by molar-refractivity contribution is 5.75. The summed E-state index contributed by atoms with van der Waals surface area (Å²) >= 11 is 0. The fraction of sp³-hybridized carbons (Fsp3) is 0.911. The molecule has 340 valence electrons. The van der Waals surface area contributed by atoms with Crippen molar-refractivity contribution >= 4 is 24.2 Å². The number of carbonyl (C=O) groups is 4. The molecule has 0 aromatic rings. The number of hydrogen-bond acceptors (Lipinski definition) is 10. The average Bonchev–Trinajstić information content (AvgIpc) is 3.58. The molecule has 0 heterocycles. The van der Waals surface area contributed by atoms with Crippen molar-refractivity contribution in [2.75, 3.05) is 45.8 Å². The van der Waals surface area contributed by atoms with Crippen molar-refractivity contribution in [3.8, 4) is 0 Å². The van der Waals surface area contributed by atoms with E-state index in [0.717, 1.165) is 51.5 Å². The van der Waals surface area contributed by atoms with Crippen molar-refractivity contribution in [1.82, 2.24) is 21.3 Å². The second-order valence-corrected chi connectivity index (χ2v) is 18.8. The van der Waals surface area contributed by atoms with Gasteiger partial charge in [0, 0.05) is 63.6 Å². The van der Waals surface area contributed by atoms with Crippen LogP contribution in [0.25, 0.3) is 0 Å². The average molecular weight is 834 g/mol. The standard InChI is InChI=1S/C45H83N7O7/c1-5-6-7-8-9-10-11-12-13-14-24-49-39(53)18-15-31(2)34-16-17-35-40-36(30-38(45(34,35)4)59-43(56)52-27-23-48)44(3)20-19-33(57-41(54)50-25-21-46)28-32(44)29-37(40)58-42(55)51-26-22-47/h31-38,40H,5-30,46-48H2,1-4H3,(H,49,53)(H,50,54)(H,51,55)(H,52,56)/t31-,32+,33-,34-,35+,36+,37-,38+,40+,44+,45-/m1/s1. The van der Waals surface area contributed by atoms with Crippen LogP contribution >= 0.6 is 0 Å². The topological polar surface area (TPSA) is 222 Å². The van der Waals surface area contributed by atoms with Crippen molar-refractivity contribution in [3.63, 3.8) is 0 Å². The summed E-state index contributed by atoms with van der Waals surface area (Å²) in [6, 6.07) is 0. The fourth-order valence-electron chi connectivity index (χ4n) is 12.0. The molecule has 0 aromatic carbocycles. The van der Waals surface area contributed by atoms with Crippen molar-refractivity contribution < 1.29 is 33.4 Å². The quantitative estimate of drug-likeness (QED) is 0.0414. The number of nitrogens with one attached hydrogen (secondary N) is 4. The summed E-state index contributed by atoms with van der Waals surface area (Å²) in [6.45, 7) is 11.8. The van der Waals surface area contributed by atoms with Gasteiger partial charge in [0.15, 0.2) is 0 Å². The van der Waals surface area contributed by atoms with Crippen LogP contribution in [0.3, 0.4) is 0 Å². The molecule has 0 spiro atoms. The minimum absolute atomic E-state index is 0.0451. The van der Waals surface area contributed by atoms with Crippen LogP contribution < -0.4 is 38.5 Å². The fourth-order valence-corrected chi connectivity index (χ4v) is 12.0. The zero-order valence-electron chi connectivity index (χ0n) is 37.2. The van der Waals surface area contributed by atoms with E-state index in [1.165, 1.54) is 51.4 Å². The van der Waals surface area contributed by atoms with Crippen molar-refractivity contribution in [2.24, 2.45) is 63.5 Å². The maximum Gasteiger partial charge on any atom is 0.407 e. The molecule has 0 aliphatic heterocycles. The molecule has 11 atom stereocenters. The molecule has 0 unspecified atom stereocenters. The van der Waals surface area contributed by atoms with Gasteiger partial charge in [0.1, 0.15) is 18.3 Å². The van der Waals surface area contributed by atoms with Gasteiger partial charge in [0.25, 0.3) is 0 Å². The molecule has 0 bridgehead atoms. The Morgan fingerprint density at radius 1 is 0.661 bits per heavy atom. The molecular weight excluding hydrogens is 751 g/mol. The first-order valence-corrected chi connectivity index (χ1v) is 23.6. The molecule has 14 nitrogen and oxygen atoms in total. The van der Waals surface area contributed by atoms with Gasteiger partial charge in [-0.15, -0.1) is 0 Å². The number of fused-ring (bicyclic) bond motifs is 5. The Hall–Kier alpha value is -2.84. The Balaban J connectivity index is 1.47. The Kier molecular flexibility index (Phi) is 20.3. The van der Waals surface area contributed by atoms with Crippen LogP contribution in [0.2, 0.25) is 0 Å². The molecule has 4 saturated carbocycles. The summed E-state index contributed by atoms with van der Waals surface area (Å²) in [5.74, 6) is 0.879. The van der Waals surface area contributed by atoms with Crippen LogP contribution in [-0.2, 0) is 19.0 Å². The van der Waals surface area contributed by atoms with Crippen molar-refractivity contribution in [2.45, 2.75) is 168 Å². The maximum absolute atomic E-state index is 13.4. The summed E-state index contributed by atoms with van der Waals surface area (Å²) in [6.07, 6.45) is 16.8. The molecule has 10 N–H and O–H groups in total. The molecule has 4 amide bonds. The van der Waals surface area contributed by atoms with Crippen LogP contribution in [-0.4, -0.2) is 88.3 Å². The molecule has 59 heavy (non-hydrogen) atoms. The van der Waals surface area contributed by atoms with Crippen molar-refractivity contribution in [1.29, 1.82) is 0 Å². The highest BCUT2D eigenvalue weighted by Gasteiger charge is 2.68. The number of hydrogen-bond donors (Lipinski definition) is 7. The molecule has 4 rings (SSSR count). The largest absolute Gasteiger partial charge is 0.446 e. The third-order valence-electron chi connectivity index (χ3n) is 15.1. The van der Waals surface area contributed by atoms with E-state index >= 15 is 0 Å². The summed E-state index contributed by atoms with van der Waals surface area (Å²) in [5.41, 5.74) is 16.5. The van der Waals surface area contributed by atoms with E-state index in [1.807, 2.05) is 0 Å². The Morgan fingerprint density at radius 2 is 1.24 bits per heavy atom. The zero-order chi connectivity index (χ0) is 42.8. The summed E-state index contributed by atoms with van der Waals surface area (Å²) in [7, 11) is 0. The third-order valence-corrected chi connectivity index (χ3v) is 15.1. The third kappa shape index (κ3) is 13.3. The molecule has 0 radical (unpaired) electrons. The predicted octanol–water partition coefficient (Wildman–Crippen LogP) is 6.48. The van der Waals surface area contributed by atoms with E-state index in [-0.39, 0.29) is 65.1 Å². The van der Waals surface area contributed by atoms with E-state index in [4.69, 9.17) is 31.4 Å². The number of rotatable bonds is 24. The summed E-state index contributed by atoms with van der Waals surface area (Å²) in [4.78, 5) is 52.4. The van der Waals surface area contributed by atoms with Gasteiger partial charge >= 0.3 is 18.3 Å². The molecule has 14 heteroatoms. The first kappa shape index (κ1) is 48.8. The lowest BCUT2D eigenvalue weighted by Gasteiger charge is -2.64. The van der Waals surface area contributed by atoms with E-state index in [9.17, 15) is 19.2 Å². The SMILES string of the molecule is CCCCCCCCCCCCNC(=O)CC[C@@H](C)[C@H]1CC[C@H]2[C@@H]3[C@H](OC(=O)NCCN)C[C@@H]4C[C@H](OC(=O)NCCN)CC[C@]4(C)[C@H]3C[C@H](OC(=O)NCCN)[C@]12C. The van der Waals surface area contributed by atoms with Crippen LogP contribution in [0.15, 0.2) is 0 Å². The number of carbonyl (C=O) groups excluding carboxylic acids is 4. The number of ether oxygens (including phenoxy) is 3. The lowest BCUT2D eigenvalue weighted by molar-refractivity contribution is -0.206. The lowest BCUT2D eigenvalue weighted by Crippen LogP contribution is -2.64. The van der Waals surface area contributed by atoms with Gasteiger partial charge in [-0.05, 0) is 92.8 Å². The molecule has 4 aliphatic carbocycles. The summed E-state index contributed by atoms with van der Waals surface area (Å²) < 4.78 is 18.7. The van der Waals surface area contributed by atoms with Gasteiger partial charge in [-0.2, -0.15) is 0 Å². The predicted molar refractivity (Wildman–Crippen MR) is 231 cm³/mol. The highest BCUT2D eigenvalue weighted by atomic mass is 16.6. The zero-order valence-corrected chi connectivity index (χ0v) is 37.2. The van der Waals surface area contributed by atoms with Gasteiger partial charge in [-0.1, -0.05) is 85.5 Å². The van der Waals surface area contributed by atoms with Crippen LogP contribution in [0.1, 0.15) is 150 Å². The number of nitrogens with two attached hydrogens (primary N) is 3. The maximum atomic E-state index is 13.4. The Labute approximate surface area is 355 Å². The van der Waals surface area contributed by atoms with Gasteiger partial charge in [-0.3, -0.25) is 4.79 Å². The van der Waals surface area contributed by atoms with Crippen LogP contribution in [0.4, 0.5) is 14.4 Å². The summed E-state index contributed by atoms with van der Waals surface area (Å²) in [5, 5.41) is 11.6. The number of unbranched alkanes of at least 4 members (excludes halogenated alkanes) is 9. The minimum Gasteiger partial charge on any atom is -0.446 e. The smallest absolute Gasteiger partial charge is 0.407 e. The Bertz CT molecular complexity index is 1310. The second kappa shape index (κ2) is 24.6. The molecule has 4 fully saturated rings. The van der Waals surface area contributed by atoms with Crippen LogP contribution in [0.5, 0.6) is 0 Å². The van der Waals surface area contributed by atoms with Gasteiger partial charge in [0.2, 0.25) is 5.91 Å².